The minimum atomic E-state index is -0.670. The predicted molar refractivity (Wildman–Crippen MR) is 149 cm³/mol. The topological polar surface area (TPSA) is 120 Å². The zero-order valence-electron chi connectivity index (χ0n) is 22.0. The molecule has 196 valence electrons. The second-order valence-electron chi connectivity index (χ2n) is 9.84. The summed E-state index contributed by atoms with van der Waals surface area (Å²) in [5.41, 5.74) is 8.83. The lowest BCUT2D eigenvalue weighted by atomic mass is 9.73. The fourth-order valence-electron chi connectivity index (χ4n) is 4.96. The van der Waals surface area contributed by atoms with Crippen molar-refractivity contribution in [1.29, 1.82) is 5.26 Å². The van der Waals surface area contributed by atoms with Gasteiger partial charge >= 0.3 is 6.03 Å². The zero-order chi connectivity index (χ0) is 27.3. The van der Waals surface area contributed by atoms with Gasteiger partial charge in [-0.1, -0.05) is 24.3 Å². The number of nitrogens with zero attached hydrogens (tertiary/aromatic N) is 2. The molecule has 1 fully saturated rings. The highest BCUT2D eigenvalue weighted by Crippen LogP contribution is 2.41. The SMILES string of the molecule is COc1ccc(NC(=O)c2ccc(-c3cccc(NC(N)=O)c3)cc2)cc1C1(C#N)CCN(C(C)C)CC1. The van der Waals surface area contributed by atoms with E-state index in [0.717, 1.165) is 29.8 Å². The summed E-state index contributed by atoms with van der Waals surface area (Å²) >= 11 is 0. The van der Waals surface area contributed by atoms with Gasteiger partial charge in [0.05, 0.1) is 18.6 Å². The number of nitrogens with two attached hydrogens (primary N) is 1. The van der Waals surface area contributed by atoms with E-state index in [1.165, 1.54) is 0 Å². The molecule has 4 N–H and O–H groups in total. The van der Waals surface area contributed by atoms with Crippen LogP contribution in [0.1, 0.15) is 42.6 Å². The number of primary amides is 1. The van der Waals surface area contributed by atoms with Gasteiger partial charge in [0, 0.05) is 41.6 Å². The number of benzene rings is 3. The van der Waals surface area contributed by atoms with Gasteiger partial charge in [-0.15, -0.1) is 0 Å². The fraction of sp³-hybridized carbons (Fsp3) is 0.300. The fourth-order valence-corrected chi connectivity index (χ4v) is 4.96. The number of carbonyl (C=O) groups is 2. The molecule has 8 nitrogen and oxygen atoms in total. The maximum Gasteiger partial charge on any atom is 0.316 e. The number of carbonyl (C=O) groups excluding carboxylic acids is 2. The summed E-state index contributed by atoms with van der Waals surface area (Å²) in [6.07, 6.45) is 1.40. The monoisotopic (exact) mass is 511 g/mol. The van der Waals surface area contributed by atoms with Crippen LogP contribution in [0.15, 0.2) is 66.7 Å². The smallest absolute Gasteiger partial charge is 0.316 e. The lowest BCUT2D eigenvalue weighted by molar-refractivity contribution is 0.102. The summed E-state index contributed by atoms with van der Waals surface area (Å²) in [5, 5.41) is 15.8. The highest BCUT2D eigenvalue weighted by molar-refractivity contribution is 6.04. The van der Waals surface area contributed by atoms with Crippen molar-refractivity contribution >= 4 is 23.3 Å². The number of ether oxygens (including phenoxy) is 1. The maximum absolute atomic E-state index is 13.1. The quantitative estimate of drug-likeness (QED) is 0.394. The number of urea groups is 1. The zero-order valence-corrected chi connectivity index (χ0v) is 22.0. The second-order valence-corrected chi connectivity index (χ2v) is 9.84. The van der Waals surface area contributed by atoms with E-state index in [1.54, 1.807) is 31.4 Å². The van der Waals surface area contributed by atoms with Crippen molar-refractivity contribution in [2.24, 2.45) is 5.73 Å². The molecule has 0 spiro atoms. The first-order chi connectivity index (χ1) is 18.2. The Bertz CT molecular complexity index is 1350. The number of hydrogen-bond acceptors (Lipinski definition) is 5. The number of piperidine rings is 1. The summed E-state index contributed by atoms with van der Waals surface area (Å²) in [5.74, 6) is 0.400. The standard InChI is InChI=1S/C30H33N5O3/c1-20(2)35-15-13-30(19-31,14-16-35)26-18-25(11-12-27(26)38-3)33-28(36)22-9-7-21(8-10-22)23-5-4-6-24(17-23)34-29(32)37/h4-12,17-18,20H,13-16H2,1-3H3,(H,33,36)(H3,32,34,37). The molecule has 0 bridgehead atoms. The van der Waals surface area contributed by atoms with Crippen LogP contribution in [0.4, 0.5) is 16.2 Å². The Morgan fingerprint density at radius 3 is 2.26 bits per heavy atom. The minimum Gasteiger partial charge on any atom is -0.496 e. The van der Waals surface area contributed by atoms with Crippen molar-refractivity contribution < 1.29 is 14.3 Å². The van der Waals surface area contributed by atoms with E-state index in [1.807, 2.05) is 42.5 Å². The molecule has 1 aliphatic heterocycles. The van der Waals surface area contributed by atoms with E-state index in [4.69, 9.17) is 10.5 Å². The summed E-state index contributed by atoms with van der Waals surface area (Å²) < 4.78 is 5.62. The molecular weight excluding hydrogens is 478 g/mol. The van der Waals surface area contributed by atoms with Crippen LogP contribution in [0.5, 0.6) is 5.75 Å². The van der Waals surface area contributed by atoms with Crippen LogP contribution in [0.3, 0.4) is 0 Å². The van der Waals surface area contributed by atoms with E-state index in [2.05, 4.69) is 35.5 Å². The van der Waals surface area contributed by atoms with Gasteiger partial charge in [-0.05, 0) is 80.3 Å². The maximum atomic E-state index is 13.1. The Morgan fingerprint density at radius 2 is 1.66 bits per heavy atom. The van der Waals surface area contributed by atoms with Crippen LogP contribution in [-0.2, 0) is 5.41 Å². The highest BCUT2D eigenvalue weighted by atomic mass is 16.5. The number of nitriles is 1. The number of nitrogens with one attached hydrogen (secondary N) is 2. The number of rotatable bonds is 7. The van der Waals surface area contributed by atoms with Crippen molar-refractivity contribution in [2.75, 3.05) is 30.8 Å². The third kappa shape index (κ3) is 5.79. The number of hydrogen-bond donors (Lipinski definition) is 3. The van der Waals surface area contributed by atoms with E-state index >= 15 is 0 Å². The van der Waals surface area contributed by atoms with Crippen LogP contribution in [0.25, 0.3) is 11.1 Å². The first-order valence-corrected chi connectivity index (χ1v) is 12.7. The van der Waals surface area contributed by atoms with E-state index in [9.17, 15) is 14.9 Å². The van der Waals surface area contributed by atoms with Gasteiger partial charge in [0.15, 0.2) is 0 Å². The Balaban J connectivity index is 1.52. The molecule has 3 amide bonds. The molecule has 0 aliphatic carbocycles. The van der Waals surface area contributed by atoms with E-state index < -0.39 is 11.4 Å². The molecule has 4 rings (SSSR count). The Labute approximate surface area is 223 Å². The second kappa shape index (κ2) is 11.4. The average Bonchev–Trinajstić information content (AvgIpc) is 2.93. The van der Waals surface area contributed by atoms with Crippen LogP contribution >= 0.6 is 0 Å². The van der Waals surface area contributed by atoms with Crippen molar-refractivity contribution in [3.05, 3.63) is 77.9 Å². The lowest BCUT2D eigenvalue weighted by Gasteiger charge is -2.40. The van der Waals surface area contributed by atoms with E-state index in [0.29, 0.717) is 41.6 Å². The molecule has 3 aromatic carbocycles. The van der Waals surface area contributed by atoms with Crippen LogP contribution < -0.4 is 21.1 Å². The minimum absolute atomic E-state index is 0.252. The molecular formula is C30H33N5O3. The molecule has 1 aliphatic rings. The van der Waals surface area contributed by atoms with Crippen LogP contribution in [0, 0.1) is 11.3 Å². The van der Waals surface area contributed by atoms with Crippen LogP contribution in [-0.4, -0.2) is 43.1 Å². The molecule has 1 saturated heterocycles. The van der Waals surface area contributed by atoms with Gasteiger partial charge in [-0.3, -0.25) is 4.79 Å². The van der Waals surface area contributed by atoms with Gasteiger partial charge in [0.25, 0.3) is 5.91 Å². The molecule has 0 atom stereocenters. The van der Waals surface area contributed by atoms with Gasteiger partial charge < -0.3 is 26.0 Å². The van der Waals surface area contributed by atoms with Crippen LogP contribution in [0.2, 0.25) is 0 Å². The molecule has 3 aromatic rings. The van der Waals surface area contributed by atoms with E-state index in [-0.39, 0.29) is 5.91 Å². The molecule has 0 aromatic heterocycles. The van der Waals surface area contributed by atoms with Gasteiger partial charge in [-0.2, -0.15) is 5.26 Å². The number of methoxy groups -OCH3 is 1. The predicted octanol–water partition coefficient (Wildman–Crippen LogP) is 5.37. The summed E-state index contributed by atoms with van der Waals surface area (Å²) in [6, 6.07) is 22.4. The highest BCUT2D eigenvalue weighted by Gasteiger charge is 2.39. The molecule has 1 heterocycles. The number of likely N-dealkylation sites (tertiary alicyclic amines) is 1. The summed E-state index contributed by atoms with van der Waals surface area (Å²) in [4.78, 5) is 26.6. The van der Waals surface area contributed by atoms with Crippen molar-refractivity contribution in [3.8, 4) is 22.9 Å². The van der Waals surface area contributed by atoms with Gasteiger partial charge in [0.1, 0.15) is 5.75 Å². The van der Waals surface area contributed by atoms with Gasteiger partial charge in [-0.25, -0.2) is 4.79 Å². The first-order valence-electron chi connectivity index (χ1n) is 12.7. The molecule has 8 heteroatoms. The van der Waals surface area contributed by atoms with Crippen molar-refractivity contribution in [1.82, 2.24) is 4.90 Å². The normalized spacial score (nSPS) is 14.9. The van der Waals surface area contributed by atoms with Crippen molar-refractivity contribution in [2.45, 2.75) is 38.1 Å². The number of anilines is 2. The Hall–Kier alpha value is -4.35. The molecule has 0 saturated carbocycles. The third-order valence-corrected chi connectivity index (χ3v) is 7.18. The largest absolute Gasteiger partial charge is 0.496 e. The number of amides is 3. The van der Waals surface area contributed by atoms with Gasteiger partial charge in [0.2, 0.25) is 0 Å². The van der Waals surface area contributed by atoms with Crippen molar-refractivity contribution in [3.63, 3.8) is 0 Å². The molecule has 0 radical (unpaired) electrons. The summed E-state index contributed by atoms with van der Waals surface area (Å²) in [6.45, 7) is 6.00. The Kier molecular flexibility index (Phi) is 7.99. The average molecular weight is 512 g/mol. The third-order valence-electron chi connectivity index (χ3n) is 7.18. The Morgan fingerprint density at radius 1 is 0.974 bits per heavy atom. The molecule has 38 heavy (non-hydrogen) atoms. The molecule has 0 unspecified atom stereocenters. The summed E-state index contributed by atoms with van der Waals surface area (Å²) in [7, 11) is 1.60. The first kappa shape index (κ1) is 26.7. The lowest BCUT2D eigenvalue weighted by Crippen LogP contribution is -2.44.